The first kappa shape index (κ1) is 21.8. The molecule has 0 bridgehead atoms. The van der Waals surface area contributed by atoms with E-state index in [1.807, 2.05) is 11.6 Å². The zero-order chi connectivity index (χ0) is 19.5. The van der Waals surface area contributed by atoms with Crippen molar-refractivity contribution in [2.24, 2.45) is 0 Å². The summed E-state index contributed by atoms with van der Waals surface area (Å²) in [4.78, 5) is 15.5. The van der Waals surface area contributed by atoms with Crippen LogP contribution in [0.1, 0.15) is 72.7 Å². The van der Waals surface area contributed by atoms with Gasteiger partial charge in [0.05, 0.1) is 11.7 Å². The van der Waals surface area contributed by atoms with E-state index in [-0.39, 0.29) is 24.4 Å². The third-order valence-electron chi connectivity index (χ3n) is 6.48. The standard InChI is InChI=1S/C22H31N5O.ClH/c1-3-19(17-8-5-4-6-9-17)20-10-7-15-26(20)22(28)21-16(2)27(25-24-21)18-11-13-23-14-12-18;/h4-6,8-9,18-20,23H,3,7,10-15H2,1-2H3;1H. The number of rotatable bonds is 5. The highest BCUT2D eigenvalue weighted by molar-refractivity contribution is 5.93. The molecule has 2 aliphatic heterocycles. The largest absolute Gasteiger partial charge is 0.334 e. The van der Waals surface area contributed by atoms with Crippen LogP contribution in [0, 0.1) is 6.92 Å². The fraction of sp³-hybridized carbons (Fsp3) is 0.591. The Balaban J connectivity index is 0.00000240. The molecule has 29 heavy (non-hydrogen) atoms. The van der Waals surface area contributed by atoms with Crippen molar-refractivity contribution in [2.45, 2.75) is 64.0 Å². The molecule has 1 amide bonds. The van der Waals surface area contributed by atoms with E-state index in [9.17, 15) is 4.79 Å². The summed E-state index contributed by atoms with van der Waals surface area (Å²) in [5, 5.41) is 12.1. The SMILES string of the molecule is CCC(c1ccccc1)C1CCCN1C(=O)c1nnn(C2CCNCC2)c1C.Cl. The molecule has 2 aromatic rings. The van der Waals surface area contributed by atoms with Crippen molar-refractivity contribution in [3.63, 3.8) is 0 Å². The first-order valence-corrected chi connectivity index (χ1v) is 10.7. The lowest BCUT2D eigenvalue weighted by atomic mass is 9.87. The van der Waals surface area contributed by atoms with Gasteiger partial charge < -0.3 is 10.2 Å². The summed E-state index contributed by atoms with van der Waals surface area (Å²) in [5.74, 6) is 0.419. The lowest BCUT2D eigenvalue weighted by molar-refractivity contribution is 0.0707. The highest BCUT2D eigenvalue weighted by atomic mass is 35.5. The number of carbonyl (C=O) groups is 1. The molecule has 1 N–H and O–H groups in total. The van der Waals surface area contributed by atoms with Gasteiger partial charge in [0.1, 0.15) is 0 Å². The van der Waals surface area contributed by atoms with Crippen molar-refractivity contribution in [1.29, 1.82) is 0 Å². The van der Waals surface area contributed by atoms with Crippen LogP contribution in [0.3, 0.4) is 0 Å². The molecule has 158 valence electrons. The molecule has 0 spiro atoms. The van der Waals surface area contributed by atoms with Crippen LogP contribution < -0.4 is 5.32 Å². The molecule has 1 aromatic heterocycles. The molecular weight excluding hydrogens is 386 g/mol. The van der Waals surface area contributed by atoms with Crippen molar-refractivity contribution >= 4 is 18.3 Å². The average Bonchev–Trinajstić information content (AvgIpc) is 3.37. The van der Waals surface area contributed by atoms with Crippen LogP contribution in [-0.4, -0.2) is 51.5 Å². The second kappa shape index (κ2) is 9.72. The summed E-state index contributed by atoms with van der Waals surface area (Å²) in [7, 11) is 0. The fourth-order valence-corrected chi connectivity index (χ4v) is 4.97. The molecule has 2 unspecified atom stereocenters. The Kier molecular flexibility index (Phi) is 7.30. The van der Waals surface area contributed by atoms with E-state index in [0.29, 0.717) is 17.7 Å². The van der Waals surface area contributed by atoms with Crippen LogP contribution in [0.4, 0.5) is 0 Å². The van der Waals surface area contributed by atoms with E-state index in [2.05, 4.69) is 57.8 Å². The van der Waals surface area contributed by atoms with E-state index in [0.717, 1.165) is 57.4 Å². The number of aromatic nitrogens is 3. The number of hydrogen-bond acceptors (Lipinski definition) is 4. The summed E-state index contributed by atoms with van der Waals surface area (Å²) in [6, 6.07) is 11.2. The summed E-state index contributed by atoms with van der Waals surface area (Å²) in [6.45, 7) is 7.02. The first-order valence-electron chi connectivity index (χ1n) is 10.7. The Morgan fingerprint density at radius 1 is 1.21 bits per heavy atom. The Morgan fingerprint density at radius 3 is 2.62 bits per heavy atom. The highest BCUT2D eigenvalue weighted by Crippen LogP contribution is 2.34. The Morgan fingerprint density at radius 2 is 1.93 bits per heavy atom. The normalized spacial score (nSPS) is 21.0. The zero-order valence-electron chi connectivity index (χ0n) is 17.4. The summed E-state index contributed by atoms with van der Waals surface area (Å²) in [6.07, 6.45) is 5.22. The van der Waals surface area contributed by atoms with E-state index >= 15 is 0 Å². The molecular formula is C22H32ClN5O. The number of halogens is 1. The third-order valence-corrected chi connectivity index (χ3v) is 6.48. The molecule has 0 saturated carbocycles. The van der Waals surface area contributed by atoms with E-state index in [4.69, 9.17) is 0 Å². The van der Waals surface area contributed by atoms with Crippen molar-refractivity contribution in [3.05, 3.63) is 47.3 Å². The van der Waals surface area contributed by atoms with Crippen LogP contribution in [0.25, 0.3) is 0 Å². The van der Waals surface area contributed by atoms with Gasteiger partial charge in [0, 0.05) is 18.5 Å². The number of hydrogen-bond donors (Lipinski definition) is 1. The Hall–Kier alpha value is -1.92. The topological polar surface area (TPSA) is 63.1 Å². The van der Waals surface area contributed by atoms with Crippen molar-refractivity contribution < 1.29 is 4.79 Å². The lowest BCUT2D eigenvalue weighted by Crippen LogP contribution is -2.39. The van der Waals surface area contributed by atoms with Crippen LogP contribution in [0.2, 0.25) is 0 Å². The maximum atomic E-state index is 13.4. The highest BCUT2D eigenvalue weighted by Gasteiger charge is 2.37. The van der Waals surface area contributed by atoms with Crippen LogP contribution >= 0.6 is 12.4 Å². The number of benzene rings is 1. The summed E-state index contributed by atoms with van der Waals surface area (Å²) >= 11 is 0. The van der Waals surface area contributed by atoms with Gasteiger partial charge in [-0.1, -0.05) is 42.5 Å². The van der Waals surface area contributed by atoms with Crippen molar-refractivity contribution in [2.75, 3.05) is 19.6 Å². The maximum Gasteiger partial charge on any atom is 0.276 e. The van der Waals surface area contributed by atoms with Gasteiger partial charge in [-0.15, -0.1) is 17.5 Å². The van der Waals surface area contributed by atoms with Gasteiger partial charge >= 0.3 is 0 Å². The Bertz CT molecular complexity index is 803. The molecule has 2 saturated heterocycles. The first-order chi connectivity index (χ1) is 13.7. The minimum atomic E-state index is 0. The minimum Gasteiger partial charge on any atom is -0.334 e. The van der Waals surface area contributed by atoms with Gasteiger partial charge in [-0.25, -0.2) is 4.68 Å². The van der Waals surface area contributed by atoms with Gasteiger partial charge in [0.25, 0.3) is 5.91 Å². The predicted molar refractivity (Wildman–Crippen MR) is 117 cm³/mol. The molecule has 2 atom stereocenters. The molecule has 7 heteroatoms. The summed E-state index contributed by atoms with van der Waals surface area (Å²) < 4.78 is 1.98. The predicted octanol–water partition coefficient (Wildman–Crippen LogP) is 3.73. The van der Waals surface area contributed by atoms with E-state index in [1.165, 1.54) is 5.56 Å². The second-order valence-electron chi connectivity index (χ2n) is 8.08. The van der Waals surface area contributed by atoms with Gasteiger partial charge in [-0.05, 0) is 57.7 Å². The number of nitrogens with one attached hydrogen (secondary N) is 1. The number of nitrogens with zero attached hydrogens (tertiary/aromatic N) is 4. The smallest absolute Gasteiger partial charge is 0.276 e. The van der Waals surface area contributed by atoms with E-state index < -0.39 is 0 Å². The number of carbonyl (C=O) groups excluding carboxylic acids is 1. The Labute approximate surface area is 179 Å². The van der Waals surface area contributed by atoms with Crippen molar-refractivity contribution in [1.82, 2.24) is 25.2 Å². The van der Waals surface area contributed by atoms with Gasteiger partial charge in [0.2, 0.25) is 0 Å². The van der Waals surface area contributed by atoms with Crippen LogP contribution in [0.5, 0.6) is 0 Å². The molecule has 4 rings (SSSR count). The average molecular weight is 418 g/mol. The summed E-state index contributed by atoms with van der Waals surface area (Å²) in [5.41, 5.74) is 2.77. The quantitative estimate of drug-likeness (QED) is 0.805. The number of likely N-dealkylation sites (tertiary alicyclic amines) is 1. The fourth-order valence-electron chi connectivity index (χ4n) is 4.97. The van der Waals surface area contributed by atoms with E-state index in [1.54, 1.807) is 0 Å². The molecule has 2 fully saturated rings. The molecule has 0 radical (unpaired) electrons. The monoisotopic (exact) mass is 417 g/mol. The van der Waals surface area contributed by atoms with Gasteiger partial charge in [-0.2, -0.15) is 0 Å². The lowest BCUT2D eigenvalue weighted by Gasteiger charge is -2.31. The second-order valence-corrected chi connectivity index (χ2v) is 8.08. The minimum absolute atomic E-state index is 0. The van der Waals surface area contributed by atoms with Gasteiger partial charge in [0.15, 0.2) is 5.69 Å². The third kappa shape index (κ3) is 4.33. The molecule has 2 aliphatic rings. The molecule has 3 heterocycles. The number of amides is 1. The van der Waals surface area contributed by atoms with Crippen LogP contribution in [-0.2, 0) is 0 Å². The van der Waals surface area contributed by atoms with Crippen LogP contribution in [0.15, 0.2) is 30.3 Å². The maximum absolute atomic E-state index is 13.4. The molecule has 1 aromatic carbocycles. The molecule has 6 nitrogen and oxygen atoms in total. The number of piperidine rings is 1. The van der Waals surface area contributed by atoms with Crippen molar-refractivity contribution in [3.8, 4) is 0 Å². The molecule has 0 aliphatic carbocycles. The van der Waals surface area contributed by atoms with Gasteiger partial charge in [-0.3, -0.25) is 4.79 Å². The zero-order valence-corrected chi connectivity index (χ0v) is 18.2.